The lowest BCUT2D eigenvalue weighted by Gasteiger charge is -2.42. The van der Waals surface area contributed by atoms with E-state index in [9.17, 15) is 0 Å². The van der Waals surface area contributed by atoms with Crippen molar-refractivity contribution in [2.24, 2.45) is 11.3 Å². The fourth-order valence-electron chi connectivity index (χ4n) is 3.86. The minimum absolute atomic E-state index is 0.339. The second-order valence-corrected chi connectivity index (χ2v) is 7.85. The summed E-state index contributed by atoms with van der Waals surface area (Å²) >= 11 is 0. The first-order valence-electron chi connectivity index (χ1n) is 9.14. The Morgan fingerprint density at radius 3 is 2.81 bits per heavy atom. The highest BCUT2D eigenvalue weighted by Gasteiger charge is 2.35. The summed E-state index contributed by atoms with van der Waals surface area (Å²) in [6, 6.07) is 0.747. The average Bonchev–Trinajstić information content (AvgIpc) is 2.65. The third kappa shape index (κ3) is 5.54. The van der Waals surface area contributed by atoms with E-state index in [4.69, 9.17) is 4.74 Å². The first kappa shape index (κ1) is 17.2. The van der Waals surface area contributed by atoms with Gasteiger partial charge < -0.3 is 10.1 Å². The summed E-state index contributed by atoms with van der Waals surface area (Å²) in [5.74, 6) is 0.726. The van der Waals surface area contributed by atoms with Gasteiger partial charge in [-0.15, -0.1) is 0 Å². The topological polar surface area (TPSA) is 24.5 Å². The lowest BCUT2D eigenvalue weighted by molar-refractivity contribution is -0.0316. The fourth-order valence-corrected chi connectivity index (χ4v) is 3.86. The zero-order valence-electron chi connectivity index (χ0n) is 14.5. The summed E-state index contributed by atoms with van der Waals surface area (Å²) < 4.78 is 5.88. The minimum atomic E-state index is 0.339. The Morgan fingerprint density at radius 1 is 1.24 bits per heavy atom. The van der Waals surface area contributed by atoms with Gasteiger partial charge in [0.05, 0.1) is 6.61 Å². The van der Waals surface area contributed by atoms with Crippen molar-refractivity contribution in [3.8, 4) is 0 Å². The highest BCUT2D eigenvalue weighted by atomic mass is 16.5. The molecule has 0 aromatic carbocycles. The zero-order valence-corrected chi connectivity index (χ0v) is 14.5. The Labute approximate surface area is 131 Å². The number of likely N-dealkylation sites (tertiary alicyclic amines) is 1. The van der Waals surface area contributed by atoms with E-state index >= 15 is 0 Å². The van der Waals surface area contributed by atoms with E-state index < -0.39 is 0 Å². The van der Waals surface area contributed by atoms with Gasteiger partial charge in [-0.1, -0.05) is 26.7 Å². The summed E-state index contributed by atoms with van der Waals surface area (Å²) in [6.45, 7) is 13.6. The van der Waals surface area contributed by atoms with Crippen LogP contribution in [0.25, 0.3) is 0 Å². The molecule has 2 aliphatic rings. The molecule has 2 atom stereocenters. The SMILES string of the molecule is CC(C)CNCC1(CN2CCCCCC2C)CCCOC1. The Kier molecular flexibility index (Phi) is 6.97. The molecule has 2 fully saturated rings. The quantitative estimate of drug-likeness (QED) is 0.814. The molecule has 0 aromatic rings. The molecule has 0 bridgehead atoms. The van der Waals surface area contributed by atoms with E-state index in [0.717, 1.165) is 38.3 Å². The molecule has 3 nitrogen and oxygen atoms in total. The van der Waals surface area contributed by atoms with E-state index in [2.05, 4.69) is 31.0 Å². The van der Waals surface area contributed by atoms with Gasteiger partial charge in [-0.05, 0) is 51.6 Å². The van der Waals surface area contributed by atoms with Crippen LogP contribution in [-0.4, -0.2) is 50.3 Å². The normalized spacial score (nSPS) is 32.3. The molecule has 2 unspecified atom stereocenters. The number of nitrogens with zero attached hydrogens (tertiary/aromatic N) is 1. The van der Waals surface area contributed by atoms with E-state index in [0.29, 0.717) is 5.41 Å². The number of hydrogen-bond acceptors (Lipinski definition) is 3. The van der Waals surface area contributed by atoms with Gasteiger partial charge in [0.1, 0.15) is 0 Å². The van der Waals surface area contributed by atoms with Crippen LogP contribution in [-0.2, 0) is 4.74 Å². The highest BCUT2D eigenvalue weighted by molar-refractivity contribution is 4.89. The molecule has 124 valence electrons. The molecule has 2 heterocycles. The molecule has 0 spiro atoms. The van der Waals surface area contributed by atoms with Crippen molar-refractivity contribution in [3.63, 3.8) is 0 Å². The van der Waals surface area contributed by atoms with Crippen LogP contribution in [0.15, 0.2) is 0 Å². The molecule has 21 heavy (non-hydrogen) atoms. The van der Waals surface area contributed by atoms with Crippen LogP contribution < -0.4 is 5.32 Å². The van der Waals surface area contributed by atoms with Crippen LogP contribution in [0.4, 0.5) is 0 Å². The molecule has 3 heteroatoms. The second kappa shape index (κ2) is 8.50. The molecule has 0 aromatic heterocycles. The van der Waals surface area contributed by atoms with E-state index in [1.54, 1.807) is 0 Å². The van der Waals surface area contributed by atoms with Gasteiger partial charge in [-0.3, -0.25) is 4.90 Å². The minimum Gasteiger partial charge on any atom is -0.381 e. The molecule has 0 aliphatic carbocycles. The van der Waals surface area contributed by atoms with Crippen molar-refractivity contribution < 1.29 is 4.74 Å². The van der Waals surface area contributed by atoms with Gasteiger partial charge in [0.15, 0.2) is 0 Å². The molecule has 2 aliphatic heterocycles. The summed E-state index contributed by atoms with van der Waals surface area (Å²) in [7, 11) is 0. The van der Waals surface area contributed by atoms with Crippen LogP contribution in [0.3, 0.4) is 0 Å². The molecule has 0 saturated carbocycles. The van der Waals surface area contributed by atoms with Crippen molar-refractivity contribution in [1.82, 2.24) is 10.2 Å². The molecule has 2 saturated heterocycles. The Balaban J connectivity index is 1.93. The third-order valence-electron chi connectivity index (χ3n) is 5.19. The third-order valence-corrected chi connectivity index (χ3v) is 5.19. The summed E-state index contributed by atoms with van der Waals surface area (Å²) in [4.78, 5) is 2.75. The first-order valence-corrected chi connectivity index (χ1v) is 9.14. The van der Waals surface area contributed by atoms with Crippen molar-refractivity contribution in [1.29, 1.82) is 0 Å². The van der Waals surface area contributed by atoms with Crippen molar-refractivity contribution in [2.45, 2.75) is 65.3 Å². The maximum Gasteiger partial charge on any atom is 0.0546 e. The molecule has 0 amide bonds. The predicted octanol–water partition coefficient (Wildman–Crippen LogP) is 3.29. The van der Waals surface area contributed by atoms with Crippen molar-refractivity contribution in [3.05, 3.63) is 0 Å². The van der Waals surface area contributed by atoms with Crippen molar-refractivity contribution >= 4 is 0 Å². The van der Waals surface area contributed by atoms with Gasteiger partial charge in [-0.25, -0.2) is 0 Å². The second-order valence-electron chi connectivity index (χ2n) is 7.85. The number of nitrogens with one attached hydrogen (secondary N) is 1. The van der Waals surface area contributed by atoms with Crippen molar-refractivity contribution in [2.75, 3.05) is 39.4 Å². The molecule has 0 radical (unpaired) electrons. The van der Waals surface area contributed by atoms with Gasteiger partial charge in [-0.2, -0.15) is 0 Å². The smallest absolute Gasteiger partial charge is 0.0546 e. The largest absolute Gasteiger partial charge is 0.381 e. The standard InChI is InChI=1S/C18H36N2O/c1-16(2)12-19-13-18(9-7-11-21-15-18)14-20-10-6-4-5-8-17(20)3/h16-17,19H,4-15H2,1-3H3. The Bertz CT molecular complexity index is 287. The number of hydrogen-bond donors (Lipinski definition) is 1. The summed E-state index contributed by atoms with van der Waals surface area (Å²) in [5.41, 5.74) is 0.339. The maximum atomic E-state index is 5.88. The summed E-state index contributed by atoms with van der Waals surface area (Å²) in [6.07, 6.45) is 8.12. The fraction of sp³-hybridized carbons (Fsp3) is 1.00. The van der Waals surface area contributed by atoms with Crippen LogP contribution >= 0.6 is 0 Å². The van der Waals surface area contributed by atoms with Gasteiger partial charge in [0, 0.05) is 31.2 Å². The lowest BCUT2D eigenvalue weighted by atomic mass is 9.81. The van der Waals surface area contributed by atoms with E-state index in [1.807, 2.05) is 0 Å². The zero-order chi connectivity index (χ0) is 15.1. The van der Waals surface area contributed by atoms with E-state index in [-0.39, 0.29) is 0 Å². The maximum absolute atomic E-state index is 5.88. The predicted molar refractivity (Wildman–Crippen MR) is 89.7 cm³/mol. The van der Waals surface area contributed by atoms with Crippen LogP contribution in [0.5, 0.6) is 0 Å². The molecular formula is C18H36N2O. The summed E-state index contributed by atoms with van der Waals surface area (Å²) in [5, 5.41) is 3.71. The highest BCUT2D eigenvalue weighted by Crippen LogP contribution is 2.31. The van der Waals surface area contributed by atoms with Crippen LogP contribution in [0, 0.1) is 11.3 Å². The number of rotatable bonds is 6. The Hall–Kier alpha value is -0.120. The molecular weight excluding hydrogens is 260 g/mol. The lowest BCUT2D eigenvalue weighted by Crippen LogP contribution is -2.51. The number of ether oxygens (including phenoxy) is 1. The molecule has 1 N–H and O–H groups in total. The van der Waals surface area contributed by atoms with E-state index in [1.165, 1.54) is 51.6 Å². The van der Waals surface area contributed by atoms with Gasteiger partial charge in [0.2, 0.25) is 0 Å². The average molecular weight is 296 g/mol. The van der Waals surface area contributed by atoms with Crippen LogP contribution in [0.1, 0.15) is 59.3 Å². The molecule has 2 rings (SSSR count). The van der Waals surface area contributed by atoms with Gasteiger partial charge >= 0.3 is 0 Å². The first-order chi connectivity index (χ1) is 10.1. The monoisotopic (exact) mass is 296 g/mol. The van der Waals surface area contributed by atoms with Crippen LogP contribution in [0.2, 0.25) is 0 Å². The van der Waals surface area contributed by atoms with Gasteiger partial charge in [0.25, 0.3) is 0 Å². The Morgan fingerprint density at radius 2 is 2.10 bits per heavy atom.